The molecule has 0 amide bonds. The fraction of sp³-hybridized carbons (Fsp3) is 0.111. The standard InChI is InChI=1S/C18H18BN5O4S/c20-13-3-4-17(22-7-13)24-16-6-14(21)8-23-18(16)29(26,27)10-11-1-2-12-9-28-19(25)15(12)5-11/h1-8,25H,9-10,20-21H2,(H,22,24). The molecule has 9 nitrogen and oxygen atoms in total. The predicted octanol–water partition coefficient (Wildman–Crippen LogP) is 0.576. The van der Waals surface area contributed by atoms with Crippen molar-refractivity contribution in [1.82, 2.24) is 9.97 Å². The number of hydrogen-bond acceptors (Lipinski definition) is 9. The average Bonchev–Trinajstić information content (AvgIpc) is 3.04. The van der Waals surface area contributed by atoms with Crippen LogP contribution in [0.1, 0.15) is 11.1 Å². The van der Waals surface area contributed by atoms with E-state index in [4.69, 9.17) is 16.1 Å². The lowest BCUT2D eigenvalue weighted by atomic mass is 9.79. The van der Waals surface area contributed by atoms with Crippen LogP contribution in [-0.2, 0) is 26.9 Å². The topological polar surface area (TPSA) is 153 Å². The predicted molar refractivity (Wildman–Crippen MR) is 110 cm³/mol. The number of hydrogen-bond donors (Lipinski definition) is 4. The van der Waals surface area contributed by atoms with Crippen molar-refractivity contribution in [3.05, 3.63) is 59.9 Å². The van der Waals surface area contributed by atoms with Crippen molar-refractivity contribution in [3.63, 3.8) is 0 Å². The summed E-state index contributed by atoms with van der Waals surface area (Å²) in [6.07, 6.45) is 2.74. The molecule has 0 saturated heterocycles. The molecule has 0 saturated carbocycles. The fourth-order valence-corrected chi connectivity index (χ4v) is 4.48. The molecule has 29 heavy (non-hydrogen) atoms. The third-order valence-corrected chi connectivity index (χ3v) is 6.07. The molecule has 0 spiro atoms. The van der Waals surface area contributed by atoms with Gasteiger partial charge in [-0.1, -0.05) is 18.2 Å². The van der Waals surface area contributed by atoms with Gasteiger partial charge in [0.15, 0.2) is 5.03 Å². The lowest BCUT2D eigenvalue weighted by molar-refractivity contribution is 0.275. The number of nitrogen functional groups attached to an aromatic ring is 2. The number of nitrogens with zero attached hydrogens (tertiary/aromatic N) is 2. The minimum absolute atomic E-state index is 0.150. The molecule has 4 rings (SSSR count). The first-order chi connectivity index (χ1) is 13.8. The Labute approximate surface area is 167 Å². The van der Waals surface area contributed by atoms with E-state index in [1.165, 1.54) is 18.5 Å². The SMILES string of the molecule is Nc1ccc(Nc2cc(N)cnc2S(=O)(=O)Cc2ccc3c(c2)B(O)OC3)nc1. The summed E-state index contributed by atoms with van der Waals surface area (Å²) in [5.74, 6) is 0.106. The number of benzene rings is 1. The first kappa shape index (κ1) is 19.2. The zero-order valence-corrected chi connectivity index (χ0v) is 16.1. The molecule has 3 aromatic rings. The van der Waals surface area contributed by atoms with Gasteiger partial charge in [-0.15, -0.1) is 0 Å². The monoisotopic (exact) mass is 411 g/mol. The molecule has 2 aromatic heterocycles. The highest BCUT2D eigenvalue weighted by atomic mass is 32.2. The molecule has 0 bridgehead atoms. The fourth-order valence-electron chi connectivity index (χ4n) is 3.06. The van der Waals surface area contributed by atoms with Crippen LogP contribution in [0.2, 0.25) is 0 Å². The molecule has 1 aliphatic rings. The Morgan fingerprint density at radius 2 is 1.90 bits per heavy atom. The lowest BCUT2D eigenvalue weighted by Crippen LogP contribution is -2.28. The van der Waals surface area contributed by atoms with E-state index in [1.54, 1.807) is 30.3 Å². The van der Waals surface area contributed by atoms with Crippen LogP contribution in [0.3, 0.4) is 0 Å². The molecule has 3 heterocycles. The van der Waals surface area contributed by atoms with E-state index in [-0.39, 0.29) is 16.5 Å². The number of nitrogens with two attached hydrogens (primary N) is 2. The Balaban J connectivity index is 1.66. The molecule has 0 unspecified atom stereocenters. The average molecular weight is 411 g/mol. The summed E-state index contributed by atoms with van der Waals surface area (Å²) in [5, 5.41) is 12.6. The maximum atomic E-state index is 13.1. The third-order valence-electron chi connectivity index (χ3n) is 4.45. The van der Waals surface area contributed by atoms with Gasteiger partial charge in [0.05, 0.1) is 41.8 Å². The molecule has 11 heteroatoms. The summed E-state index contributed by atoms with van der Waals surface area (Å²) < 4.78 is 31.3. The molecule has 6 N–H and O–H groups in total. The van der Waals surface area contributed by atoms with Crippen molar-refractivity contribution in [2.24, 2.45) is 0 Å². The lowest BCUT2D eigenvalue weighted by Gasteiger charge is -2.13. The normalized spacial score (nSPS) is 13.3. The van der Waals surface area contributed by atoms with E-state index in [1.807, 2.05) is 0 Å². The van der Waals surface area contributed by atoms with Gasteiger partial charge in [0, 0.05) is 0 Å². The number of nitrogens with one attached hydrogen (secondary N) is 1. The summed E-state index contributed by atoms with van der Waals surface area (Å²) in [7, 11) is -4.87. The van der Waals surface area contributed by atoms with Crippen LogP contribution in [0.15, 0.2) is 53.8 Å². The van der Waals surface area contributed by atoms with Crippen LogP contribution in [0.5, 0.6) is 0 Å². The van der Waals surface area contributed by atoms with Gasteiger partial charge in [-0.3, -0.25) is 0 Å². The van der Waals surface area contributed by atoms with Gasteiger partial charge >= 0.3 is 7.12 Å². The molecular formula is C18H18BN5O4S. The molecule has 0 atom stereocenters. The van der Waals surface area contributed by atoms with Crippen molar-refractivity contribution < 1.29 is 18.1 Å². The van der Waals surface area contributed by atoms with Crippen LogP contribution in [-0.4, -0.2) is 30.5 Å². The third kappa shape index (κ3) is 4.02. The molecule has 0 aliphatic carbocycles. The second kappa shape index (κ2) is 7.35. The van der Waals surface area contributed by atoms with Gasteiger partial charge in [0.1, 0.15) is 5.82 Å². The molecular weight excluding hydrogens is 393 g/mol. The molecule has 148 valence electrons. The van der Waals surface area contributed by atoms with Gasteiger partial charge in [0.2, 0.25) is 9.84 Å². The van der Waals surface area contributed by atoms with Gasteiger partial charge in [-0.05, 0) is 34.8 Å². The minimum atomic E-state index is -3.83. The van der Waals surface area contributed by atoms with E-state index in [0.717, 1.165) is 5.56 Å². The van der Waals surface area contributed by atoms with Crippen molar-refractivity contribution in [2.75, 3.05) is 16.8 Å². The van der Waals surface area contributed by atoms with Gasteiger partial charge in [-0.25, -0.2) is 18.4 Å². The van der Waals surface area contributed by atoms with Crippen LogP contribution in [0.4, 0.5) is 22.9 Å². The number of anilines is 4. The Morgan fingerprint density at radius 3 is 2.66 bits per heavy atom. The van der Waals surface area contributed by atoms with Crippen LogP contribution in [0.25, 0.3) is 0 Å². The second-order valence-electron chi connectivity index (χ2n) is 6.68. The minimum Gasteiger partial charge on any atom is -0.423 e. The number of sulfone groups is 1. The maximum absolute atomic E-state index is 13.1. The van der Waals surface area contributed by atoms with Crippen LogP contribution < -0.4 is 22.2 Å². The van der Waals surface area contributed by atoms with E-state index < -0.39 is 17.0 Å². The zero-order valence-electron chi connectivity index (χ0n) is 15.2. The van der Waals surface area contributed by atoms with E-state index in [9.17, 15) is 13.4 Å². The van der Waals surface area contributed by atoms with Crippen LogP contribution >= 0.6 is 0 Å². The zero-order chi connectivity index (χ0) is 20.6. The van der Waals surface area contributed by atoms with Crippen LogP contribution in [0, 0.1) is 0 Å². The quantitative estimate of drug-likeness (QED) is 0.441. The first-order valence-electron chi connectivity index (χ1n) is 8.70. The largest absolute Gasteiger partial charge is 0.491 e. The van der Waals surface area contributed by atoms with Crippen molar-refractivity contribution in [2.45, 2.75) is 17.4 Å². The Bertz CT molecular complexity index is 1170. The summed E-state index contributed by atoms with van der Waals surface area (Å²) in [5.41, 5.74) is 14.4. The van der Waals surface area contributed by atoms with Gasteiger partial charge in [-0.2, -0.15) is 0 Å². The smallest absolute Gasteiger partial charge is 0.423 e. The highest BCUT2D eigenvalue weighted by molar-refractivity contribution is 7.90. The Hall–Kier alpha value is -3.15. The maximum Gasteiger partial charge on any atom is 0.491 e. The number of aromatic nitrogens is 2. The summed E-state index contributed by atoms with van der Waals surface area (Å²) in [4.78, 5) is 8.16. The molecule has 1 aromatic carbocycles. The molecule has 0 radical (unpaired) electrons. The molecule has 1 aliphatic heterocycles. The van der Waals surface area contributed by atoms with E-state index in [2.05, 4.69) is 15.3 Å². The molecule has 0 fully saturated rings. The second-order valence-corrected chi connectivity index (χ2v) is 8.58. The van der Waals surface area contributed by atoms with Gasteiger partial charge < -0.3 is 26.5 Å². The number of rotatable bonds is 5. The Morgan fingerprint density at radius 1 is 1.10 bits per heavy atom. The van der Waals surface area contributed by atoms with Crippen molar-refractivity contribution >= 4 is 45.3 Å². The number of fused-ring (bicyclic) bond motifs is 1. The van der Waals surface area contributed by atoms with E-state index >= 15 is 0 Å². The Kier molecular flexibility index (Phi) is 4.86. The highest BCUT2D eigenvalue weighted by Crippen LogP contribution is 2.27. The van der Waals surface area contributed by atoms with E-state index in [0.29, 0.717) is 34.8 Å². The summed E-state index contributed by atoms with van der Waals surface area (Å²) >= 11 is 0. The van der Waals surface area contributed by atoms with Gasteiger partial charge in [0.25, 0.3) is 0 Å². The summed E-state index contributed by atoms with van der Waals surface area (Å²) in [6.45, 7) is 0.297. The highest BCUT2D eigenvalue weighted by Gasteiger charge is 2.29. The van der Waals surface area contributed by atoms with Crippen molar-refractivity contribution in [3.8, 4) is 0 Å². The first-order valence-corrected chi connectivity index (χ1v) is 10.4. The summed E-state index contributed by atoms with van der Waals surface area (Å²) in [6, 6.07) is 9.83. The van der Waals surface area contributed by atoms with Crippen molar-refractivity contribution in [1.29, 1.82) is 0 Å². The number of pyridine rings is 2.